The molecule has 0 aliphatic carbocycles. The first kappa shape index (κ1) is 10.7. The topological polar surface area (TPSA) is 139 Å². The highest BCUT2D eigenvalue weighted by Crippen LogP contribution is 2.28. The summed E-state index contributed by atoms with van der Waals surface area (Å²) in [6.45, 7) is 1.23. The SMILES string of the molecule is Cc1[nH]c(=O)c(C(N)=O)c(O)c1[N+](=O)[O-]. The van der Waals surface area contributed by atoms with Gasteiger partial charge < -0.3 is 15.8 Å². The number of hydrogen-bond acceptors (Lipinski definition) is 5. The van der Waals surface area contributed by atoms with Crippen molar-refractivity contribution in [3.63, 3.8) is 0 Å². The van der Waals surface area contributed by atoms with Crippen LogP contribution in [0.5, 0.6) is 5.75 Å². The van der Waals surface area contributed by atoms with E-state index in [1.165, 1.54) is 6.92 Å². The van der Waals surface area contributed by atoms with Crippen LogP contribution in [-0.4, -0.2) is 20.9 Å². The molecule has 80 valence electrons. The molecule has 8 nitrogen and oxygen atoms in total. The van der Waals surface area contributed by atoms with Crippen LogP contribution in [0.2, 0.25) is 0 Å². The molecule has 0 aliphatic heterocycles. The van der Waals surface area contributed by atoms with E-state index < -0.39 is 33.4 Å². The van der Waals surface area contributed by atoms with Gasteiger partial charge in [0.25, 0.3) is 11.5 Å². The summed E-state index contributed by atoms with van der Waals surface area (Å²) in [7, 11) is 0. The summed E-state index contributed by atoms with van der Waals surface area (Å²) in [4.78, 5) is 33.5. The normalized spacial score (nSPS) is 9.93. The average Bonchev–Trinajstić information content (AvgIpc) is 1.99. The Morgan fingerprint density at radius 3 is 2.53 bits per heavy atom. The lowest BCUT2D eigenvalue weighted by atomic mass is 10.2. The van der Waals surface area contributed by atoms with Crippen LogP contribution in [0.1, 0.15) is 16.1 Å². The molecule has 0 saturated heterocycles. The molecule has 0 aliphatic rings. The van der Waals surface area contributed by atoms with Crippen LogP contribution < -0.4 is 11.3 Å². The van der Waals surface area contributed by atoms with Crippen molar-refractivity contribution in [1.29, 1.82) is 0 Å². The van der Waals surface area contributed by atoms with Crippen molar-refractivity contribution >= 4 is 11.6 Å². The lowest BCUT2D eigenvalue weighted by Gasteiger charge is -2.02. The van der Waals surface area contributed by atoms with Gasteiger partial charge in [0.2, 0.25) is 5.75 Å². The van der Waals surface area contributed by atoms with E-state index in [-0.39, 0.29) is 5.69 Å². The number of nitrogens with two attached hydrogens (primary N) is 1. The second kappa shape index (κ2) is 3.40. The van der Waals surface area contributed by atoms with Gasteiger partial charge >= 0.3 is 5.69 Å². The second-order valence-electron chi connectivity index (χ2n) is 2.77. The molecule has 0 unspecified atom stereocenters. The molecule has 15 heavy (non-hydrogen) atoms. The minimum absolute atomic E-state index is 0.146. The number of nitro groups is 1. The summed E-state index contributed by atoms with van der Waals surface area (Å²) in [5, 5.41) is 19.8. The molecule has 8 heteroatoms. The number of carbonyl (C=O) groups excluding carboxylic acids is 1. The maximum absolute atomic E-state index is 11.1. The zero-order valence-electron chi connectivity index (χ0n) is 7.60. The Bertz CT molecular complexity index is 504. The number of aromatic amines is 1. The smallest absolute Gasteiger partial charge is 0.330 e. The van der Waals surface area contributed by atoms with Crippen molar-refractivity contribution in [2.45, 2.75) is 6.92 Å². The molecule has 1 amide bonds. The van der Waals surface area contributed by atoms with Gasteiger partial charge in [-0.15, -0.1) is 0 Å². The van der Waals surface area contributed by atoms with E-state index in [0.29, 0.717) is 0 Å². The summed E-state index contributed by atoms with van der Waals surface area (Å²) >= 11 is 0. The number of carbonyl (C=O) groups is 1. The number of amides is 1. The molecule has 0 fully saturated rings. The van der Waals surface area contributed by atoms with Gasteiger partial charge in [0, 0.05) is 0 Å². The van der Waals surface area contributed by atoms with Gasteiger partial charge in [0.15, 0.2) is 5.56 Å². The molecule has 0 bridgehead atoms. The fourth-order valence-corrected chi connectivity index (χ4v) is 1.15. The Labute approximate surface area is 82.5 Å². The molecule has 1 heterocycles. The fourth-order valence-electron chi connectivity index (χ4n) is 1.15. The van der Waals surface area contributed by atoms with E-state index >= 15 is 0 Å². The van der Waals surface area contributed by atoms with Crippen LogP contribution in [0.25, 0.3) is 0 Å². The number of aromatic nitrogens is 1. The van der Waals surface area contributed by atoms with Crippen molar-refractivity contribution in [3.05, 3.63) is 31.7 Å². The van der Waals surface area contributed by atoms with E-state index in [0.717, 1.165) is 0 Å². The number of rotatable bonds is 2. The van der Waals surface area contributed by atoms with E-state index in [9.17, 15) is 24.8 Å². The maximum Gasteiger partial charge on any atom is 0.330 e. The first-order valence-electron chi connectivity index (χ1n) is 3.76. The van der Waals surface area contributed by atoms with Crippen molar-refractivity contribution in [2.75, 3.05) is 0 Å². The van der Waals surface area contributed by atoms with Gasteiger partial charge in [-0.05, 0) is 6.92 Å². The standard InChI is InChI=1S/C7H7N3O5/c1-2-4(10(14)15)5(11)3(6(8)12)7(13)9-2/h1H3,(H2,8,12)(H2,9,11,13). The Morgan fingerprint density at radius 1 is 1.60 bits per heavy atom. The van der Waals surface area contributed by atoms with Gasteiger partial charge in [0.1, 0.15) is 0 Å². The van der Waals surface area contributed by atoms with Gasteiger partial charge in [-0.25, -0.2) is 0 Å². The number of primary amides is 1. The summed E-state index contributed by atoms with van der Waals surface area (Å²) < 4.78 is 0. The summed E-state index contributed by atoms with van der Waals surface area (Å²) in [6.07, 6.45) is 0. The van der Waals surface area contributed by atoms with Crippen molar-refractivity contribution < 1.29 is 14.8 Å². The molecule has 1 aromatic heterocycles. The lowest BCUT2D eigenvalue weighted by Crippen LogP contribution is -2.24. The summed E-state index contributed by atoms with van der Waals surface area (Å²) in [5.41, 5.74) is 2.15. The Balaban J connectivity index is 3.72. The molecule has 1 rings (SSSR count). The van der Waals surface area contributed by atoms with Crippen LogP contribution in [0, 0.1) is 17.0 Å². The lowest BCUT2D eigenvalue weighted by molar-refractivity contribution is -0.386. The van der Waals surface area contributed by atoms with Gasteiger partial charge in [-0.2, -0.15) is 0 Å². The quantitative estimate of drug-likeness (QED) is 0.444. The number of nitrogens with zero attached hydrogens (tertiary/aromatic N) is 1. The molecule has 0 radical (unpaired) electrons. The number of aryl methyl sites for hydroxylation is 1. The average molecular weight is 213 g/mol. The van der Waals surface area contributed by atoms with Crippen molar-refractivity contribution in [3.8, 4) is 5.75 Å². The minimum atomic E-state index is -1.23. The van der Waals surface area contributed by atoms with E-state index in [1.807, 2.05) is 0 Å². The molecule has 0 spiro atoms. The number of aromatic hydroxyl groups is 1. The van der Waals surface area contributed by atoms with E-state index in [1.54, 1.807) is 0 Å². The molecular weight excluding hydrogens is 206 g/mol. The maximum atomic E-state index is 11.1. The van der Waals surface area contributed by atoms with Crippen LogP contribution in [0.3, 0.4) is 0 Å². The van der Waals surface area contributed by atoms with Gasteiger partial charge in [-0.3, -0.25) is 19.7 Å². The largest absolute Gasteiger partial charge is 0.501 e. The highest BCUT2D eigenvalue weighted by atomic mass is 16.6. The van der Waals surface area contributed by atoms with Crippen LogP contribution >= 0.6 is 0 Å². The third-order valence-corrected chi connectivity index (χ3v) is 1.77. The fraction of sp³-hybridized carbons (Fsp3) is 0.143. The molecule has 4 N–H and O–H groups in total. The Morgan fingerprint density at radius 2 is 2.13 bits per heavy atom. The number of pyridine rings is 1. The first-order valence-corrected chi connectivity index (χ1v) is 3.76. The van der Waals surface area contributed by atoms with E-state index in [4.69, 9.17) is 5.73 Å². The number of hydrogen-bond donors (Lipinski definition) is 3. The van der Waals surface area contributed by atoms with Crippen molar-refractivity contribution in [2.24, 2.45) is 5.73 Å². The zero-order chi connectivity index (χ0) is 11.7. The third-order valence-electron chi connectivity index (χ3n) is 1.77. The first-order chi connectivity index (χ1) is 6.86. The number of nitrogens with one attached hydrogen (secondary N) is 1. The summed E-state index contributed by atoms with van der Waals surface area (Å²) in [5.74, 6) is -2.23. The minimum Gasteiger partial charge on any atom is -0.501 e. The molecule has 0 saturated carbocycles. The van der Waals surface area contributed by atoms with Gasteiger partial charge in [-0.1, -0.05) is 0 Å². The Hall–Kier alpha value is -2.38. The predicted molar refractivity (Wildman–Crippen MR) is 48.6 cm³/mol. The highest BCUT2D eigenvalue weighted by Gasteiger charge is 2.26. The second-order valence-corrected chi connectivity index (χ2v) is 2.77. The number of H-pyrrole nitrogens is 1. The predicted octanol–water partition coefficient (Wildman–Crippen LogP) is -0.604. The molecule has 0 atom stereocenters. The van der Waals surface area contributed by atoms with E-state index in [2.05, 4.69) is 4.98 Å². The highest BCUT2D eigenvalue weighted by molar-refractivity contribution is 5.96. The molecule has 1 aromatic rings. The molecule has 0 aromatic carbocycles. The Kier molecular flexibility index (Phi) is 2.43. The third kappa shape index (κ3) is 1.64. The van der Waals surface area contributed by atoms with Crippen molar-refractivity contribution in [1.82, 2.24) is 4.98 Å². The van der Waals surface area contributed by atoms with Crippen LogP contribution in [0.4, 0.5) is 5.69 Å². The van der Waals surface area contributed by atoms with Gasteiger partial charge in [0.05, 0.1) is 10.6 Å². The summed E-state index contributed by atoms with van der Waals surface area (Å²) in [6, 6.07) is 0. The monoisotopic (exact) mass is 213 g/mol. The van der Waals surface area contributed by atoms with Crippen LogP contribution in [-0.2, 0) is 0 Å². The van der Waals surface area contributed by atoms with Crippen LogP contribution in [0.15, 0.2) is 4.79 Å². The molecular formula is C7H7N3O5. The zero-order valence-corrected chi connectivity index (χ0v) is 7.60.